The average molecular weight is 192 g/mol. The van der Waals surface area contributed by atoms with Crippen molar-refractivity contribution in [2.45, 2.75) is 32.4 Å². The highest BCUT2D eigenvalue weighted by Crippen LogP contribution is 2.19. The van der Waals surface area contributed by atoms with Gasteiger partial charge < -0.3 is 0 Å². The molecule has 0 amide bonds. The van der Waals surface area contributed by atoms with Crippen LogP contribution in [0, 0.1) is 5.92 Å². The molecule has 0 N–H and O–H groups in total. The lowest BCUT2D eigenvalue weighted by Crippen LogP contribution is -2.01. The maximum atomic E-state index is 11.7. The molecule has 0 fully saturated rings. The first-order valence-corrected chi connectivity index (χ1v) is 4.36. The van der Waals surface area contributed by atoms with Gasteiger partial charge in [-0.3, -0.25) is 0 Å². The normalized spacial score (nSPS) is 14.8. The van der Waals surface area contributed by atoms with Crippen LogP contribution < -0.4 is 0 Å². The Morgan fingerprint density at radius 2 is 2.00 bits per heavy atom. The van der Waals surface area contributed by atoms with Gasteiger partial charge in [-0.15, -0.1) is 6.58 Å². The van der Waals surface area contributed by atoms with Gasteiger partial charge in [0.25, 0.3) is 0 Å². The predicted molar refractivity (Wildman–Crippen MR) is 48.4 cm³/mol. The van der Waals surface area contributed by atoms with Crippen LogP contribution in [0.4, 0.5) is 13.2 Å². The molecule has 0 saturated carbocycles. The summed E-state index contributed by atoms with van der Waals surface area (Å²) in [4.78, 5) is 0. The summed E-state index contributed by atoms with van der Waals surface area (Å²) in [5.74, 6) is 0.170. The van der Waals surface area contributed by atoms with Crippen molar-refractivity contribution in [3.8, 4) is 0 Å². The molecule has 0 bridgehead atoms. The van der Waals surface area contributed by atoms with Crippen molar-refractivity contribution in [1.82, 2.24) is 0 Å². The van der Waals surface area contributed by atoms with Crippen molar-refractivity contribution in [1.29, 1.82) is 0 Å². The van der Waals surface area contributed by atoms with Crippen molar-refractivity contribution in [2.24, 2.45) is 5.92 Å². The highest BCUT2D eigenvalue weighted by atomic mass is 19.4. The van der Waals surface area contributed by atoms with Crippen LogP contribution >= 0.6 is 0 Å². The molecule has 1 unspecified atom stereocenters. The zero-order chi connectivity index (χ0) is 10.3. The molecule has 0 radical (unpaired) electrons. The molecule has 0 aromatic heterocycles. The van der Waals surface area contributed by atoms with E-state index in [0.717, 1.165) is 12.8 Å². The standard InChI is InChI=1S/C10H15F3/c1-3-6-9(4-2)7-5-8-10(11,12)13/h4-5,8-9H,2-3,6-7H2,1H3/b8-5+. The molecule has 0 nitrogen and oxygen atoms in total. The molecule has 3 heteroatoms. The topological polar surface area (TPSA) is 0 Å². The molecule has 0 aliphatic heterocycles. The fourth-order valence-corrected chi connectivity index (χ4v) is 1.08. The highest BCUT2D eigenvalue weighted by Gasteiger charge is 2.21. The molecule has 0 aromatic rings. The fraction of sp³-hybridized carbons (Fsp3) is 0.600. The third-order valence-corrected chi connectivity index (χ3v) is 1.74. The molecule has 0 rings (SSSR count). The van der Waals surface area contributed by atoms with E-state index in [4.69, 9.17) is 0 Å². The Morgan fingerprint density at radius 1 is 1.38 bits per heavy atom. The van der Waals surface area contributed by atoms with Gasteiger partial charge in [0.05, 0.1) is 0 Å². The van der Waals surface area contributed by atoms with Gasteiger partial charge in [0.2, 0.25) is 0 Å². The Morgan fingerprint density at radius 3 is 2.38 bits per heavy atom. The Bertz CT molecular complexity index is 167. The summed E-state index contributed by atoms with van der Waals surface area (Å²) in [5.41, 5.74) is 0. The lowest BCUT2D eigenvalue weighted by molar-refractivity contribution is -0.0800. The van der Waals surface area contributed by atoms with E-state index in [1.165, 1.54) is 6.08 Å². The first-order valence-electron chi connectivity index (χ1n) is 4.36. The smallest absolute Gasteiger partial charge is 0.167 e. The second kappa shape index (κ2) is 5.84. The first kappa shape index (κ1) is 12.3. The molecule has 0 aromatic carbocycles. The van der Waals surface area contributed by atoms with Crippen LogP contribution in [0.25, 0.3) is 0 Å². The monoisotopic (exact) mass is 192 g/mol. The average Bonchev–Trinajstić information content (AvgIpc) is 2.01. The Labute approximate surface area is 77.1 Å². The maximum Gasteiger partial charge on any atom is 0.409 e. The van der Waals surface area contributed by atoms with E-state index in [1.807, 2.05) is 6.92 Å². The summed E-state index contributed by atoms with van der Waals surface area (Å²) >= 11 is 0. The van der Waals surface area contributed by atoms with Crippen LogP contribution in [0.3, 0.4) is 0 Å². The Hall–Kier alpha value is -0.730. The summed E-state index contributed by atoms with van der Waals surface area (Å²) in [6, 6.07) is 0. The lowest BCUT2D eigenvalue weighted by atomic mass is 10.00. The lowest BCUT2D eigenvalue weighted by Gasteiger charge is -2.07. The third-order valence-electron chi connectivity index (χ3n) is 1.74. The van der Waals surface area contributed by atoms with Crippen molar-refractivity contribution >= 4 is 0 Å². The predicted octanol–water partition coefficient (Wildman–Crippen LogP) is 4.10. The van der Waals surface area contributed by atoms with E-state index in [-0.39, 0.29) is 5.92 Å². The zero-order valence-electron chi connectivity index (χ0n) is 7.77. The second-order valence-electron chi connectivity index (χ2n) is 2.96. The number of hydrogen-bond acceptors (Lipinski definition) is 0. The quantitative estimate of drug-likeness (QED) is 0.575. The second-order valence-corrected chi connectivity index (χ2v) is 2.96. The van der Waals surface area contributed by atoms with Crippen molar-refractivity contribution in [2.75, 3.05) is 0 Å². The largest absolute Gasteiger partial charge is 0.409 e. The summed E-state index contributed by atoms with van der Waals surface area (Å²) in [5, 5.41) is 0. The molecule has 0 spiro atoms. The number of halogens is 3. The molecular weight excluding hydrogens is 177 g/mol. The van der Waals surface area contributed by atoms with E-state index in [0.29, 0.717) is 12.5 Å². The van der Waals surface area contributed by atoms with E-state index in [9.17, 15) is 13.2 Å². The van der Waals surface area contributed by atoms with Gasteiger partial charge in [-0.2, -0.15) is 13.2 Å². The van der Waals surface area contributed by atoms with Crippen LogP contribution in [0.15, 0.2) is 24.8 Å². The molecule has 0 saturated heterocycles. The highest BCUT2D eigenvalue weighted by molar-refractivity contribution is 4.93. The van der Waals surface area contributed by atoms with Crippen LogP contribution in [0.1, 0.15) is 26.2 Å². The summed E-state index contributed by atoms with van der Waals surface area (Å²) < 4.78 is 35.0. The van der Waals surface area contributed by atoms with Gasteiger partial charge in [-0.25, -0.2) is 0 Å². The summed E-state index contributed by atoms with van der Waals surface area (Å²) in [7, 11) is 0. The third kappa shape index (κ3) is 7.62. The van der Waals surface area contributed by atoms with Crippen LogP contribution in [-0.2, 0) is 0 Å². The molecule has 1 atom stereocenters. The number of alkyl halides is 3. The van der Waals surface area contributed by atoms with Gasteiger partial charge in [0.1, 0.15) is 0 Å². The molecule has 0 aliphatic rings. The van der Waals surface area contributed by atoms with E-state index in [2.05, 4.69) is 6.58 Å². The number of rotatable bonds is 5. The molecule has 13 heavy (non-hydrogen) atoms. The summed E-state index contributed by atoms with van der Waals surface area (Å²) in [6.07, 6.45) is 1.28. The van der Waals surface area contributed by atoms with Gasteiger partial charge >= 0.3 is 6.18 Å². The van der Waals surface area contributed by atoms with Crippen LogP contribution in [-0.4, -0.2) is 6.18 Å². The molecule has 76 valence electrons. The maximum absolute atomic E-state index is 11.7. The Kier molecular flexibility index (Phi) is 5.51. The zero-order valence-corrected chi connectivity index (χ0v) is 7.77. The van der Waals surface area contributed by atoms with Gasteiger partial charge in [-0.1, -0.05) is 25.5 Å². The van der Waals surface area contributed by atoms with Gasteiger partial charge in [0, 0.05) is 6.08 Å². The number of allylic oxidation sites excluding steroid dienone is 3. The Balaban J connectivity index is 3.84. The minimum atomic E-state index is -4.18. The van der Waals surface area contributed by atoms with E-state index in [1.54, 1.807) is 6.08 Å². The molecule has 0 heterocycles. The minimum absolute atomic E-state index is 0.170. The van der Waals surface area contributed by atoms with Gasteiger partial charge in [-0.05, 0) is 18.8 Å². The molecular formula is C10H15F3. The first-order chi connectivity index (χ1) is 5.99. The van der Waals surface area contributed by atoms with Gasteiger partial charge in [0.15, 0.2) is 0 Å². The minimum Gasteiger partial charge on any atom is -0.167 e. The number of hydrogen-bond donors (Lipinski definition) is 0. The SMILES string of the molecule is C=CC(C/C=C/C(F)(F)F)CCC. The summed E-state index contributed by atoms with van der Waals surface area (Å²) in [6.45, 7) is 5.58. The van der Waals surface area contributed by atoms with Crippen molar-refractivity contribution < 1.29 is 13.2 Å². The van der Waals surface area contributed by atoms with Crippen molar-refractivity contribution in [3.05, 3.63) is 24.8 Å². The van der Waals surface area contributed by atoms with Crippen LogP contribution in [0.2, 0.25) is 0 Å². The van der Waals surface area contributed by atoms with E-state index < -0.39 is 6.18 Å². The van der Waals surface area contributed by atoms with Crippen molar-refractivity contribution in [3.63, 3.8) is 0 Å². The fourth-order valence-electron chi connectivity index (χ4n) is 1.08. The van der Waals surface area contributed by atoms with Crippen LogP contribution in [0.5, 0.6) is 0 Å². The molecule has 0 aliphatic carbocycles. The van der Waals surface area contributed by atoms with E-state index >= 15 is 0 Å².